The zero-order valence-electron chi connectivity index (χ0n) is 15.4. The van der Waals surface area contributed by atoms with E-state index in [-0.39, 0.29) is 19.4 Å². The monoisotopic (exact) mass is 430 g/mol. The molecule has 0 spiro atoms. The van der Waals surface area contributed by atoms with Gasteiger partial charge in [0.2, 0.25) is 10.0 Å². The largest absolute Gasteiger partial charge is 0.481 e. The maximum absolute atomic E-state index is 12.3. The van der Waals surface area contributed by atoms with Gasteiger partial charge in [-0.1, -0.05) is 24.3 Å². The molecule has 158 valence electrons. The third kappa shape index (κ3) is 9.05. The molecule has 29 heavy (non-hydrogen) atoms. The van der Waals surface area contributed by atoms with Crippen molar-refractivity contribution in [1.82, 2.24) is 9.71 Å². The topological polar surface area (TPSA) is 96.4 Å². The summed E-state index contributed by atoms with van der Waals surface area (Å²) < 4.78 is 61.8. The summed E-state index contributed by atoms with van der Waals surface area (Å²) in [4.78, 5) is 14.9. The van der Waals surface area contributed by atoms with Gasteiger partial charge in [0.1, 0.15) is 0 Å². The van der Waals surface area contributed by atoms with Gasteiger partial charge in [-0.05, 0) is 47.6 Å². The summed E-state index contributed by atoms with van der Waals surface area (Å²) >= 11 is 0. The van der Waals surface area contributed by atoms with E-state index in [9.17, 15) is 26.4 Å². The molecule has 0 radical (unpaired) electrons. The predicted molar refractivity (Wildman–Crippen MR) is 101 cm³/mol. The van der Waals surface area contributed by atoms with Crippen LogP contribution >= 0.6 is 0 Å². The van der Waals surface area contributed by atoms with Crippen molar-refractivity contribution in [2.24, 2.45) is 0 Å². The van der Waals surface area contributed by atoms with E-state index in [4.69, 9.17) is 5.11 Å². The Bertz CT molecular complexity index is 932. The number of sulfonamides is 1. The highest BCUT2D eigenvalue weighted by molar-refractivity contribution is 7.89. The van der Waals surface area contributed by atoms with Gasteiger partial charge in [0.05, 0.1) is 0 Å². The first-order valence-electron chi connectivity index (χ1n) is 8.79. The van der Waals surface area contributed by atoms with Gasteiger partial charge in [-0.15, -0.1) is 0 Å². The highest BCUT2D eigenvalue weighted by Gasteiger charge is 2.34. The molecule has 0 aliphatic heterocycles. The van der Waals surface area contributed by atoms with Crippen molar-refractivity contribution in [2.45, 2.75) is 31.9 Å². The molecular weight excluding hydrogens is 409 g/mol. The van der Waals surface area contributed by atoms with E-state index in [1.54, 1.807) is 24.5 Å². The van der Waals surface area contributed by atoms with E-state index in [1.807, 2.05) is 22.9 Å². The summed E-state index contributed by atoms with van der Waals surface area (Å²) in [7, 11) is -4.46. The van der Waals surface area contributed by atoms with Crippen LogP contribution in [0.2, 0.25) is 0 Å². The normalized spacial score (nSPS) is 12.1. The summed E-state index contributed by atoms with van der Waals surface area (Å²) in [5.74, 6) is -2.87. The highest BCUT2D eigenvalue weighted by atomic mass is 32.2. The molecule has 1 aromatic carbocycles. The van der Waals surface area contributed by atoms with Crippen molar-refractivity contribution in [2.75, 3.05) is 12.3 Å². The zero-order chi connectivity index (χ0) is 21.5. The third-order valence-electron chi connectivity index (χ3n) is 3.96. The number of halogens is 3. The molecule has 0 saturated heterocycles. The van der Waals surface area contributed by atoms with Crippen molar-refractivity contribution in [3.8, 4) is 0 Å². The number of rotatable bonds is 10. The zero-order valence-corrected chi connectivity index (χ0v) is 16.3. The second-order valence-electron chi connectivity index (χ2n) is 6.61. The number of nitrogens with one attached hydrogen (secondary N) is 1. The molecule has 1 aromatic heterocycles. The molecule has 10 heteroatoms. The Labute approximate surface area is 166 Å². The molecule has 2 aromatic rings. The minimum absolute atomic E-state index is 0.0615. The van der Waals surface area contributed by atoms with Crippen molar-refractivity contribution >= 4 is 16.0 Å². The summed E-state index contributed by atoms with van der Waals surface area (Å²) in [6.45, 7) is -0.187. The van der Waals surface area contributed by atoms with E-state index >= 15 is 0 Å². The summed E-state index contributed by atoms with van der Waals surface area (Å²) in [5, 5.41) is 8.90. The van der Waals surface area contributed by atoms with E-state index in [0.29, 0.717) is 18.4 Å². The number of aromatic nitrogens is 1. The van der Waals surface area contributed by atoms with Crippen molar-refractivity contribution < 1.29 is 31.5 Å². The Morgan fingerprint density at radius 3 is 2.31 bits per heavy atom. The van der Waals surface area contributed by atoms with Gasteiger partial charge in [0.15, 0.2) is 5.75 Å². The molecule has 0 bridgehead atoms. The van der Waals surface area contributed by atoms with Crippen LogP contribution in [-0.4, -0.2) is 43.0 Å². The van der Waals surface area contributed by atoms with Crippen LogP contribution < -0.4 is 4.72 Å². The maximum atomic E-state index is 12.3. The SMILES string of the molecule is O=C(O)CCc1cc(CCNS(=O)(=O)CC(F)(F)F)cc(Cc2cccnc2)c1. The Kier molecular flexibility index (Phi) is 7.74. The fourth-order valence-electron chi connectivity index (χ4n) is 2.84. The molecular formula is C19H21F3N2O4S. The number of alkyl halides is 3. The average molecular weight is 430 g/mol. The Balaban J connectivity index is 2.11. The van der Waals surface area contributed by atoms with Gasteiger partial charge in [-0.3, -0.25) is 9.78 Å². The predicted octanol–water partition coefficient (Wildman–Crippen LogP) is 2.71. The van der Waals surface area contributed by atoms with Crippen LogP contribution in [-0.2, 0) is 34.1 Å². The number of carbonyl (C=O) groups is 1. The van der Waals surface area contributed by atoms with Crippen LogP contribution in [0.25, 0.3) is 0 Å². The highest BCUT2D eigenvalue weighted by Crippen LogP contribution is 2.18. The van der Waals surface area contributed by atoms with Crippen LogP contribution in [0.3, 0.4) is 0 Å². The molecule has 0 unspecified atom stereocenters. The molecule has 0 aliphatic carbocycles. The third-order valence-corrected chi connectivity index (χ3v) is 5.31. The fourth-order valence-corrected chi connectivity index (χ4v) is 3.78. The lowest BCUT2D eigenvalue weighted by molar-refractivity contribution is -0.137. The first-order valence-corrected chi connectivity index (χ1v) is 10.4. The number of benzene rings is 1. The van der Waals surface area contributed by atoms with E-state index < -0.39 is 27.9 Å². The summed E-state index contributed by atoms with van der Waals surface area (Å²) in [6, 6.07) is 9.12. The van der Waals surface area contributed by atoms with E-state index in [2.05, 4.69) is 4.98 Å². The molecule has 2 rings (SSSR count). The number of carboxylic acid groups (broad SMARTS) is 1. The number of nitrogens with zero attached hydrogens (tertiary/aromatic N) is 1. The Morgan fingerprint density at radius 2 is 1.72 bits per heavy atom. The van der Waals surface area contributed by atoms with Gasteiger partial charge in [-0.2, -0.15) is 13.2 Å². The maximum Gasteiger partial charge on any atom is 0.404 e. The molecule has 0 fully saturated rings. The number of aliphatic carboxylic acids is 1. The fraction of sp³-hybridized carbons (Fsp3) is 0.368. The quantitative estimate of drug-likeness (QED) is 0.604. The molecule has 0 aliphatic rings. The Morgan fingerprint density at radius 1 is 1.07 bits per heavy atom. The molecule has 1 heterocycles. The van der Waals surface area contributed by atoms with Crippen LogP contribution in [0, 0.1) is 0 Å². The standard InChI is InChI=1S/C19H21F3N2O4S/c20-19(21,22)13-29(27,28)24-7-5-15-8-14(3-4-18(25)26)9-17(10-15)11-16-2-1-6-23-12-16/h1-2,6,8-10,12,24H,3-5,7,11,13H2,(H,25,26). The minimum Gasteiger partial charge on any atom is -0.481 e. The van der Waals surface area contributed by atoms with Gasteiger partial charge < -0.3 is 5.11 Å². The van der Waals surface area contributed by atoms with Gasteiger partial charge in [-0.25, -0.2) is 13.1 Å². The van der Waals surface area contributed by atoms with Crippen LogP contribution in [0.15, 0.2) is 42.7 Å². The second-order valence-corrected chi connectivity index (χ2v) is 8.41. The van der Waals surface area contributed by atoms with Crippen LogP contribution in [0.4, 0.5) is 13.2 Å². The molecule has 0 saturated carbocycles. The number of hydrogen-bond donors (Lipinski definition) is 2. The molecule has 0 atom stereocenters. The van der Waals surface area contributed by atoms with Crippen LogP contribution in [0.1, 0.15) is 28.7 Å². The lowest BCUT2D eigenvalue weighted by atomic mass is 9.97. The molecule has 2 N–H and O–H groups in total. The average Bonchev–Trinajstić information content (AvgIpc) is 2.58. The van der Waals surface area contributed by atoms with Gasteiger partial charge >= 0.3 is 12.1 Å². The van der Waals surface area contributed by atoms with Crippen LogP contribution in [0.5, 0.6) is 0 Å². The first kappa shape index (κ1) is 22.8. The smallest absolute Gasteiger partial charge is 0.404 e. The number of aryl methyl sites for hydroxylation is 1. The first-order chi connectivity index (χ1) is 13.5. The van der Waals surface area contributed by atoms with Crippen molar-refractivity contribution in [1.29, 1.82) is 0 Å². The second kappa shape index (κ2) is 9.84. The minimum atomic E-state index is -4.81. The van der Waals surface area contributed by atoms with Gasteiger partial charge in [0.25, 0.3) is 0 Å². The lowest BCUT2D eigenvalue weighted by Gasteiger charge is -2.12. The van der Waals surface area contributed by atoms with Crippen molar-refractivity contribution in [3.63, 3.8) is 0 Å². The van der Waals surface area contributed by atoms with Crippen molar-refractivity contribution in [3.05, 3.63) is 65.0 Å². The Hall–Kier alpha value is -2.46. The van der Waals surface area contributed by atoms with E-state index in [0.717, 1.165) is 16.7 Å². The molecule has 6 nitrogen and oxygen atoms in total. The van der Waals surface area contributed by atoms with E-state index in [1.165, 1.54) is 0 Å². The lowest BCUT2D eigenvalue weighted by Crippen LogP contribution is -2.34. The number of pyridine rings is 1. The summed E-state index contributed by atoms with van der Waals surface area (Å²) in [5.41, 5.74) is 3.30. The summed E-state index contributed by atoms with van der Waals surface area (Å²) in [6.07, 6.45) is -0.504. The number of hydrogen-bond acceptors (Lipinski definition) is 4. The molecule has 0 amide bonds. The number of carboxylic acids is 1. The van der Waals surface area contributed by atoms with Gasteiger partial charge in [0, 0.05) is 25.4 Å².